The smallest absolute Gasteiger partial charge is 0.164 e. The summed E-state index contributed by atoms with van der Waals surface area (Å²) in [7, 11) is 0.272. The summed E-state index contributed by atoms with van der Waals surface area (Å²) in [5.41, 5.74) is -3.07. The SMILES string of the molecule is [2H]c1c([2H])c([2H])c(C(=O)C([2H])([2H])[C@]2([2H])N(C)[C@]([2H])(C([2H])([2H])[C@@]([2H])(O)c3c([2H])c([2H])c([2H])c([2H])c3[2H])C([2H])([2H])C([2H])([2H])C2([2H])[2H])c([2H])c1[2H]. The minimum Gasteiger partial charge on any atom is -0.388 e. The van der Waals surface area contributed by atoms with Crippen LogP contribution in [-0.2, 0) is 0 Å². The van der Waals surface area contributed by atoms with E-state index in [-0.39, 0.29) is 7.05 Å². The van der Waals surface area contributed by atoms with Gasteiger partial charge in [-0.2, -0.15) is 0 Å². The normalized spacial score (nSPS) is 50.1. The molecule has 0 aromatic heterocycles. The van der Waals surface area contributed by atoms with Gasteiger partial charge in [0.05, 0.1) is 21.2 Å². The number of hydrogen-bond donors (Lipinski definition) is 1. The van der Waals surface area contributed by atoms with Crippen molar-refractivity contribution >= 4 is 5.78 Å². The van der Waals surface area contributed by atoms with Crippen LogP contribution in [0.2, 0.25) is 0 Å². The van der Waals surface area contributed by atoms with Crippen molar-refractivity contribution in [2.24, 2.45) is 0 Å². The molecule has 3 nitrogen and oxygen atoms in total. The number of aliphatic hydroxyl groups is 1. The van der Waals surface area contributed by atoms with Gasteiger partial charge in [-0.15, -0.1) is 0 Å². The number of piperidine rings is 1. The molecule has 1 N–H and O–H groups in total. The molecule has 0 spiro atoms. The standard InChI is InChI=1S/C22H27NO2/c1-23-19(15-21(24)17-9-4-2-5-10-17)13-8-14-20(23)16-22(25)18-11-6-3-7-12-18/h2-7,9-12,19-21,24H,8,13-16H2,1H3/t19-,20+,21+/m0/s1/i2D,3D,4D,5D,6D,7D,8D2,9D,10D,11D,12D,13D2,14D2,15D2,16D2,19D,20D,21D. The molecule has 25 heavy (non-hydrogen) atoms. The first kappa shape index (κ1) is 4.85. The molecule has 0 bridgehead atoms. The summed E-state index contributed by atoms with van der Waals surface area (Å²) >= 11 is 0. The topological polar surface area (TPSA) is 40.5 Å². The Morgan fingerprint density at radius 1 is 1.28 bits per heavy atom. The molecule has 1 fully saturated rings. The summed E-state index contributed by atoms with van der Waals surface area (Å²) in [4.78, 5) is 13.3. The summed E-state index contributed by atoms with van der Waals surface area (Å²) in [6.07, 6.45) is -26.5. The Labute approximate surface area is 182 Å². The molecule has 2 aromatic rings. The highest BCUT2D eigenvalue weighted by Crippen LogP contribution is 2.30. The molecule has 3 atom stereocenters. The first-order chi connectivity index (χ1) is 21.2. The Morgan fingerprint density at radius 3 is 2.56 bits per heavy atom. The van der Waals surface area contributed by atoms with Crippen LogP contribution in [0.3, 0.4) is 0 Å². The van der Waals surface area contributed by atoms with Crippen LogP contribution in [0.15, 0.2) is 60.4 Å². The van der Waals surface area contributed by atoms with Crippen molar-refractivity contribution in [1.82, 2.24) is 4.90 Å². The average molecular weight is 361 g/mol. The van der Waals surface area contributed by atoms with E-state index in [1.54, 1.807) is 0 Å². The predicted molar refractivity (Wildman–Crippen MR) is 101 cm³/mol. The maximum absolute atomic E-state index is 13.8. The maximum Gasteiger partial charge on any atom is 0.164 e. The van der Waals surface area contributed by atoms with Gasteiger partial charge in [0.2, 0.25) is 0 Å². The molecule has 1 heterocycles. The number of likely N-dealkylation sites (tertiary alicyclic amines) is 1. The molecule has 0 aliphatic carbocycles. The van der Waals surface area contributed by atoms with Gasteiger partial charge in [-0.05, 0) is 31.7 Å². The Bertz CT molecular complexity index is 1660. The summed E-state index contributed by atoms with van der Waals surface area (Å²) in [6, 6.07) is -21.3. The molecule has 0 unspecified atom stereocenters. The van der Waals surface area contributed by atoms with Crippen LogP contribution >= 0.6 is 0 Å². The summed E-state index contributed by atoms with van der Waals surface area (Å²) in [5, 5.41) is 11.4. The number of rotatable bonds is 6. The number of benzene rings is 2. The first-order valence-electron chi connectivity index (χ1n) is 18.3. The van der Waals surface area contributed by atoms with Crippen molar-refractivity contribution in [3.63, 3.8) is 0 Å². The Morgan fingerprint density at radius 2 is 1.88 bits per heavy atom. The third kappa shape index (κ3) is 4.56. The highest BCUT2D eigenvalue weighted by Gasteiger charge is 2.30. The zero-order valence-electron chi connectivity index (χ0n) is 35.8. The van der Waals surface area contributed by atoms with Gasteiger partial charge in [-0.25, -0.2) is 0 Å². The summed E-state index contributed by atoms with van der Waals surface area (Å²) < 4.78 is 192. The van der Waals surface area contributed by atoms with E-state index < -0.39 is 132 Å². The van der Waals surface area contributed by atoms with E-state index in [9.17, 15) is 9.90 Å². The van der Waals surface area contributed by atoms with Crippen LogP contribution < -0.4 is 0 Å². The molecule has 132 valence electrons. The van der Waals surface area contributed by atoms with Gasteiger partial charge in [0.1, 0.15) is 0 Å². The predicted octanol–water partition coefficient (Wildman–Crippen LogP) is 4.24. The van der Waals surface area contributed by atoms with Crippen molar-refractivity contribution in [1.29, 1.82) is 0 Å². The van der Waals surface area contributed by atoms with Crippen molar-refractivity contribution < 1.29 is 41.4 Å². The van der Waals surface area contributed by atoms with Crippen molar-refractivity contribution in [3.8, 4) is 0 Å². The molecule has 1 saturated heterocycles. The van der Waals surface area contributed by atoms with E-state index in [1.165, 1.54) is 0 Å². The Hall–Kier alpha value is -1.97. The fourth-order valence-electron chi connectivity index (χ4n) is 1.74. The van der Waals surface area contributed by atoms with E-state index in [1.807, 2.05) is 0 Å². The lowest BCUT2D eigenvalue weighted by Gasteiger charge is -2.40. The Balaban J connectivity index is 2.51. The molecular formula is C22H27NO2. The summed E-state index contributed by atoms with van der Waals surface area (Å²) in [6.45, 7) is 0. The third-order valence-corrected chi connectivity index (χ3v) is 2.97. The summed E-state index contributed by atoms with van der Waals surface area (Å²) in [5.74, 6) is -2.27. The molecule has 0 radical (unpaired) electrons. The van der Waals surface area contributed by atoms with Gasteiger partial charge in [-0.1, -0.05) is 66.8 Å². The van der Waals surface area contributed by atoms with Gasteiger partial charge in [0.25, 0.3) is 0 Å². The van der Waals surface area contributed by atoms with Crippen LogP contribution in [-0.4, -0.2) is 34.9 Å². The largest absolute Gasteiger partial charge is 0.388 e. The minimum absolute atomic E-state index is 0.272. The number of nitrogens with zero attached hydrogens (tertiary/aromatic N) is 1. The van der Waals surface area contributed by atoms with Crippen LogP contribution in [0.5, 0.6) is 0 Å². The van der Waals surface area contributed by atoms with E-state index in [0.29, 0.717) is 0 Å². The molecule has 0 amide bonds. The average Bonchev–Trinajstić information content (AvgIpc) is 2.98. The number of Topliss-reactive ketones (excluding diaryl/α,β-unsaturated/α-hetero) is 1. The van der Waals surface area contributed by atoms with E-state index in [0.717, 1.165) is 0 Å². The van der Waals surface area contributed by atoms with E-state index in [4.69, 9.17) is 31.5 Å². The van der Waals surface area contributed by atoms with Crippen LogP contribution in [0.4, 0.5) is 0 Å². The Kier molecular flexibility index (Phi) is 1.63. The third-order valence-electron chi connectivity index (χ3n) is 2.97. The van der Waals surface area contributed by atoms with E-state index in [2.05, 4.69) is 0 Å². The second-order valence-electron chi connectivity index (χ2n) is 4.56. The number of hydrogen-bond acceptors (Lipinski definition) is 3. The molecular weight excluding hydrogens is 310 g/mol. The fourth-order valence-corrected chi connectivity index (χ4v) is 1.74. The first-order valence-corrected chi connectivity index (χ1v) is 6.82. The van der Waals surface area contributed by atoms with Gasteiger partial charge in [0.15, 0.2) is 5.78 Å². The van der Waals surface area contributed by atoms with Gasteiger partial charge < -0.3 is 5.11 Å². The fraction of sp³-hybridized carbons (Fsp3) is 0.409. The van der Waals surface area contributed by atoms with Gasteiger partial charge in [0, 0.05) is 40.4 Å². The zero-order chi connectivity index (χ0) is 38.1. The molecule has 2 aromatic carbocycles. The second kappa shape index (κ2) is 8.41. The highest BCUT2D eigenvalue weighted by molar-refractivity contribution is 5.96. The van der Waals surface area contributed by atoms with Crippen LogP contribution in [0.1, 0.15) is 85.4 Å². The molecule has 1 aliphatic heterocycles. The zero-order valence-corrected chi connectivity index (χ0v) is 12.8. The lowest BCUT2D eigenvalue weighted by atomic mass is 9.88. The van der Waals surface area contributed by atoms with Crippen LogP contribution in [0.25, 0.3) is 0 Å². The van der Waals surface area contributed by atoms with Crippen molar-refractivity contribution in [2.45, 2.75) is 50.0 Å². The maximum atomic E-state index is 13.8. The highest BCUT2D eigenvalue weighted by atomic mass is 16.3. The molecule has 3 rings (SSSR count). The lowest BCUT2D eigenvalue weighted by Crippen LogP contribution is -2.45. The quantitative estimate of drug-likeness (QED) is 0.784. The molecule has 0 saturated carbocycles. The van der Waals surface area contributed by atoms with E-state index >= 15 is 0 Å². The number of carbonyl (C=O) groups excluding carboxylic acids is 1. The second-order valence-corrected chi connectivity index (χ2v) is 4.56. The monoisotopic (exact) mass is 360 g/mol. The number of ketones is 1. The lowest BCUT2D eigenvalue weighted by molar-refractivity contribution is 0.0549. The van der Waals surface area contributed by atoms with Gasteiger partial charge >= 0.3 is 0 Å². The van der Waals surface area contributed by atoms with Crippen LogP contribution in [0, 0.1) is 0 Å². The van der Waals surface area contributed by atoms with Crippen molar-refractivity contribution in [2.75, 3.05) is 7.05 Å². The number of carbonyl (C=O) groups is 1. The van der Waals surface area contributed by atoms with Gasteiger partial charge in [-0.3, -0.25) is 9.69 Å². The molecule has 3 heteroatoms. The molecule has 1 aliphatic rings. The minimum atomic E-state index is -4.54. The van der Waals surface area contributed by atoms with Crippen molar-refractivity contribution in [3.05, 3.63) is 71.6 Å².